The number of nitrogens with zero attached hydrogens (tertiary/aromatic N) is 1. The van der Waals surface area contributed by atoms with Gasteiger partial charge in [-0.1, -0.05) is 0 Å². The second-order valence-corrected chi connectivity index (χ2v) is 6.66. The van der Waals surface area contributed by atoms with Crippen LogP contribution in [0.15, 0.2) is 11.0 Å². The van der Waals surface area contributed by atoms with Crippen LogP contribution >= 0.6 is 19.4 Å². The minimum atomic E-state index is -5.14. The van der Waals surface area contributed by atoms with Gasteiger partial charge in [0.2, 0.25) is 5.91 Å². The maximum absolute atomic E-state index is 11.6. The molecule has 0 aromatic rings. The van der Waals surface area contributed by atoms with E-state index < -0.39 is 36.3 Å². The molecular weight excluding hydrogens is 341 g/mol. The molecule has 106 valence electrons. The van der Waals surface area contributed by atoms with Crippen molar-refractivity contribution >= 4 is 31.2 Å². The van der Waals surface area contributed by atoms with Crippen molar-refractivity contribution in [2.75, 3.05) is 12.4 Å². The largest absolute Gasteiger partial charge is 1.00 e. The van der Waals surface area contributed by atoms with Crippen molar-refractivity contribution in [1.82, 2.24) is 4.90 Å². The molecule has 0 aliphatic carbocycles. The average molecular weight is 352 g/mol. The number of carbonyl (C=O) groups excluding carboxylic acids is 2. The molecule has 2 rings (SSSR count). The molecule has 2 N–H and O–H groups in total. The predicted octanol–water partition coefficient (Wildman–Crippen LogP) is -8.07. The summed E-state index contributed by atoms with van der Waals surface area (Å²) in [6.07, 6.45) is 0. The number of thioether (sulfide) groups is 1. The van der Waals surface area contributed by atoms with Gasteiger partial charge in [-0.15, -0.1) is 11.8 Å². The smallest absolute Gasteiger partial charge is 0.806 e. The van der Waals surface area contributed by atoms with Gasteiger partial charge in [-0.25, -0.2) is 0 Å². The van der Waals surface area contributed by atoms with Crippen molar-refractivity contribution in [1.29, 1.82) is 0 Å². The summed E-state index contributed by atoms with van der Waals surface area (Å²) in [4.78, 5) is 45.8. The molecule has 0 aromatic heterocycles. The molecule has 21 heavy (non-hydrogen) atoms. The zero-order valence-electron chi connectivity index (χ0n) is 11.9. The van der Waals surface area contributed by atoms with E-state index in [9.17, 15) is 23.9 Å². The van der Waals surface area contributed by atoms with Gasteiger partial charge in [-0.3, -0.25) is 14.5 Å². The Balaban J connectivity index is 0.00000200. The second-order valence-electron chi connectivity index (χ2n) is 4.14. The molecule has 2 aliphatic heterocycles. The van der Waals surface area contributed by atoms with Crippen molar-refractivity contribution in [3.05, 3.63) is 11.0 Å². The number of esters is 1. The first-order chi connectivity index (χ1) is 8.73. The van der Waals surface area contributed by atoms with Gasteiger partial charge in [0.15, 0.2) is 0 Å². The Kier molecular flexibility index (Phi) is 8.75. The Hall–Kier alpha value is 1.14. The number of nitrogens with two attached hydrogens (primary N) is 1. The summed E-state index contributed by atoms with van der Waals surface area (Å²) in [5.41, 5.74) is 5.06. The number of carbonyl (C=O) groups is 2. The zero-order valence-corrected chi connectivity index (χ0v) is 17.6. The number of hydrogen-bond acceptors (Lipinski definition) is 8. The molecule has 2 aliphatic rings. The Morgan fingerprint density at radius 3 is 2.57 bits per heavy atom. The third kappa shape index (κ3) is 4.58. The van der Waals surface area contributed by atoms with E-state index in [0.29, 0.717) is 0 Å². The minimum absolute atomic E-state index is 0. The first kappa shape index (κ1) is 22.1. The van der Waals surface area contributed by atoms with Gasteiger partial charge in [-0.05, 0) is 7.60 Å². The monoisotopic (exact) mass is 352 g/mol. The van der Waals surface area contributed by atoms with Crippen LogP contribution in [0, 0.1) is 0 Å². The molecule has 0 spiro atoms. The maximum Gasteiger partial charge on any atom is 1.00 e. The number of amides is 1. The molecule has 0 unspecified atom stereocenters. The molecule has 1 amide bonds. The fraction of sp³-hybridized carbons (Fsp3) is 0.556. The van der Waals surface area contributed by atoms with E-state index in [-0.39, 0.29) is 77.0 Å². The molecule has 0 bridgehead atoms. The summed E-state index contributed by atoms with van der Waals surface area (Å²) >= 11 is 1.24. The van der Waals surface area contributed by atoms with Gasteiger partial charge in [0, 0.05) is 18.2 Å². The van der Waals surface area contributed by atoms with Crippen LogP contribution < -0.4 is 74.6 Å². The summed E-state index contributed by atoms with van der Waals surface area (Å²) in [6.45, 7) is 0.843. The van der Waals surface area contributed by atoms with Crippen LogP contribution in [0.1, 0.15) is 6.92 Å². The van der Waals surface area contributed by atoms with Gasteiger partial charge in [0.05, 0.1) is 5.44 Å². The molecule has 2 atom stereocenters. The van der Waals surface area contributed by atoms with E-state index >= 15 is 0 Å². The van der Waals surface area contributed by atoms with E-state index in [1.807, 2.05) is 0 Å². The fourth-order valence-electron chi connectivity index (χ4n) is 1.93. The van der Waals surface area contributed by atoms with Crippen molar-refractivity contribution < 1.29 is 87.8 Å². The molecule has 0 aromatic carbocycles. The number of β-lactam (4-membered cyclic amide) rings is 1. The Morgan fingerprint density at radius 1 is 1.52 bits per heavy atom. The third-order valence-corrected chi connectivity index (χ3v) is 5.18. The summed E-state index contributed by atoms with van der Waals surface area (Å²) < 4.78 is 16.0. The molecular formula is C9H11N2Na2O6PS. The van der Waals surface area contributed by atoms with Gasteiger partial charge >= 0.3 is 65.1 Å². The molecule has 12 heteroatoms. The minimum Gasteiger partial charge on any atom is -0.806 e. The molecule has 8 nitrogen and oxygen atoms in total. The molecule has 1 fully saturated rings. The first-order valence-corrected chi connectivity index (χ1v) is 7.91. The van der Waals surface area contributed by atoms with Gasteiger partial charge in [0.25, 0.3) is 0 Å². The van der Waals surface area contributed by atoms with E-state index in [2.05, 4.69) is 0 Å². The van der Waals surface area contributed by atoms with E-state index in [1.54, 1.807) is 0 Å². The van der Waals surface area contributed by atoms with Gasteiger partial charge in [0.1, 0.15) is 18.0 Å². The zero-order chi connectivity index (χ0) is 14.4. The molecule has 2 heterocycles. The van der Waals surface area contributed by atoms with Crippen LogP contribution in [0.25, 0.3) is 0 Å². The summed E-state index contributed by atoms with van der Waals surface area (Å²) in [5.74, 6) is -1.03. The number of fused-ring (bicyclic) bond motifs is 1. The average Bonchev–Trinajstić information content (AvgIpc) is 2.32. The quantitative estimate of drug-likeness (QED) is 0.229. The topological polar surface area (TPSA) is 136 Å². The molecule has 0 radical (unpaired) electrons. The SMILES string of the molecule is CC(=O)OCC1=C(P(=O)([O-])[O-])N2C(=O)[C@@H](N)[C@H]2SC1.[Na+].[Na+]. The van der Waals surface area contributed by atoms with E-state index in [1.165, 1.54) is 11.8 Å². The van der Waals surface area contributed by atoms with Crippen molar-refractivity contribution in [3.63, 3.8) is 0 Å². The van der Waals surface area contributed by atoms with E-state index in [4.69, 9.17) is 10.5 Å². The summed E-state index contributed by atoms with van der Waals surface area (Å²) in [7, 11) is -5.14. The summed E-state index contributed by atoms with van der Waals surface area (Å²) in [5, 5.41) is -0.542. The molecule has 0 saturated carbocycles. The van der Waals surface area contributed by atoms with E-state index in [0.717, 1.165) is 11.8 Å². The number of hydrogen-bond donors (Lipinski definition) is 1. The number of ether oxygens (including phenoxy) is 1. The van der Waals surface area contributed by atoms with Crippen molar-refractivity contribution in [2.45, 2.75) is 18.3 Å². The van der Waals surface area contributed by atoms with Crippen LogP contribution in [0.2, 0.25) is 0 Å². The Bertz CT molecular complexity index is 524. The normalized spacial score (nSPS) is 24.4. The van der Waals surface area contributed by atoms with Crippen LogP contribution in [0.5, 0.6) is 0 Å². The van der Waals surface area contributed by atoms with Gasteiger partial charge in [-0.2, -0.15) is 0 Å². The number of rotatable bonds is 3. The second kappa shape index (κ2) is 8.30. The Labute approximate surface area is 169 Å². The van der Waals surface area contributed by atoms with Crippen LogP contribution in [0.3, 0.4) is 0 Å². The van der Waals surface area contributed by atoms with Gasteiger partial charge < -0.3 is 24.8 Å². The Morgan fingerprint density at radius 2 is 2.10 bits per heavy atom. The van der Waals surface area contributed by atoms with Crippen molar-refractivity contribution in [3.8, 4) is 0 Å². The van der Waals surface area contributed by atoms with Crippen LogP contribution in [-0.2, 0) is 18.9 Å². The first-order valence-electron chi connectivity index (χ1n) is 5.31. The summed E-state index contributed by atoms with van der Waals surface area (Å²) in [6, 6.07) is -0.804. The van der Waals surface area contributed by atoms with Crippen LogP contribution in [0.4, 0.5) is 0 Å². The van der Waals surface area contributed by atoms with Crippen LogP contribution in [-0.4, -0.2) is 40.6 Å². The fourth-order valence-corrected chi connectivity index (χ4v) is 4.41. The molecule has 1 saturated heterocycles. The maximum atomic E-state index is 11.6. The third-order valence-electron chi connectivity index (χ3n) is 2.77. The predicted molar refractivity (Wildman–Crippen MR) is 62.3 cm³/mol. The van der Waals surface area contributed by atoms with Crippen molar-refractivity contribution in [2.24, 2.45) is 5.73 Å². The standard InChI is InChI=1S/C9H13N2O6PS.2Na/c1-4(12)17-2-5-3-19-9-6(10)7(13)11(9)8(5)18(14,15)16;;/h6,9H,2-3,10H2,1H3,(H2,14,15,16);;/q;2*+1/p-2/t6-,9-;;/m1../s1.